The molecular formula is C19H20N2O2. The Labute approximate surface area is 136 Å². The Morgan fingerprint density at radius 2 is 1.70 bits per heavy atom. The predicted molar refractivity (Wildman–Crippen MR) is 91.9 cm³/mol. The Kier molecular flexibility index (Phi) is 4.15. The molecule has 4 heteroatoms. The van der Waals surface area contributed by atoms with Gasteiger partial charge in [-0.1, -0.05) is 17.2 Å². The van der Waals surface area contributed by atoms with Crippen molar-refractivity contribution in [2.45, 2.75) is 26.7 Å². The average molecular weight is 308 g/mol. The van der Waals surface area contributed by atoms with Gasteiger partial charge in [-0.15, -0.1) is 0 Å². The molecule has 2 aromatic carbocycles. The van der Waals surface area contributed by atoms with Gasteiger partial charge in [0.15, 0.2) is 0 Å². The summed E-state index contributed by atoms with van der Waals surface area (Å²) in [5, 5.41) is 2.90. The van der Waals surface area contributed by atoms with Crippen LogP contribution in [-0.2, 0) is 4.79 Å². The van der Waals surface area contributed by atoms with Gasteiger partial charge >= 0.3 is 0 Å². The topological polar surface area (TPSA) is 49.4 Å². The fraction of sp³-hybridized carbons (Fsp3) is 0.263. The van der Waals surface area contributed by atoms with Crippen LogP contribution in [0.5, 0.6) is 0 Å². The van der Waals surface area contributed by atoms with Crippen molar-refractivity contribution in [1.82, 2.24) is 0 Å². The minimum absolute atomic E-state index is 0.123. The number of carbonyl (C=O) groups is 2. The zero-order chi connectivity index (χ0) is 16.4. The average Bonchev–Trinajstić information content (AvgIpc) is 2.93. The highest BCUT2D eigenvalue weighted by Gasteiger charge is 2.21. The molecule has 1 N–H and O–H groups in total. The van der Waals surface area contributed by atoms with E-state index in [0.29, 0.717) is 12.0 Å². The number of rotatable bonds is 3. The van der Waals surface area contributed by atoms with E-state index in [1.807, 2.05) is 56.3 Å². The maximum atomic E-state index is 12.3. The third-order valence-corrected chi connectivity index (χ3v) is 3.99. The molecule has 1 heterocycles. The minimum atomic E-state index is -0.123. The van der Waals surface area contributed by atoms with Crippen molar-refractivity contribution in [1.29, 1.82) is 0 Å². The number of aryl methyl sites for hydroxylation is 2. The molecule has 0 aliphatic carbocycles. The maximum Gasteiger partial charge on any atom is 0.255 e. The van der Waals surface area contributed by atoms with Crippen LogP contribution in [0.4, 0.5) is 11.4 Å². The minimum Gasteiger partial charge on any atom is -0.322 e. The van der Waals surface area contributed by atoms with Crippen molar-refractivity contribution in [2.75, 3.05) is 16.8 Å². The molecule has 0 atom stereocenters. The van der Waals surface area contributed by atoms with Crippen LogP contribution in [0.2, 0.25) is 0 Å². The number of anilines is 2. The van der Waals surface area contributed by atoms with Crippen molar-refractivity contribution in [3.05, 3.63) is 59.2 Å². The zero-order valence-corrected chi connectivity index (χ0v) is 13.4. The Bertz CT molecular complexity index is 730. The van der Waals surface area contributed by atoms with E-state index >= 15 is 0 Å². The summed E-state index contributed by atoms with van der Waals surface area (Å²) in [5.74, 6) is 0.0406. The molecule has 0 unspecified atom stereocenters. The molecule has 0 spiro atoms. The van der Waals surface area contributed by atoms with Gasteiger partial charge in [0.05, 0.1) is 0 Å². The van der Waals surface area contributed by atoms with E-state index < -0.39 is 0 Å². The van der Waals surface area contributed by atoms with Gasteiger partial charge in [0.1, 0.15) is 0 Å². The summed E-state index contributed by atoms with van der Waals surface area (Å²) in [7, 11) is 0. The van der Waals surface area contributed by atoms with Gasteiger partial charge in [-0.3, -0.25) is 9.59 Å². The van der Waals surface area contributed by atoms with Gasteiger partial charge in [-0.05, 0) is 56.7 Å². The highest BCUT2D eigenvalue weighted by atomic mass is 16.2. The number of hydrogen-bond donors (Lipinski definition) is 1. The van der Waals surface area contributed by atoms with Crippen molar-refractivity contribution >= 4 is 23.2 Å². The third kappa shape index (κ3) is 3.42. The van der Waals surface area contributed by atoms with E-state index in [1.54, 1.807) is 4.90 Å². The largest absolute Gasteiger partial charge is 0.322 e. The fourth-order valence-electron chi connectivity index (χ4n) is 2.95. The van der Waals surface area contributed by atoms with Crippen molar-refractivity contribution in [2.24, 2.45) is 0 Å². The zero-order valence-electron chi connectivity index (χ0n) is 13.4. The number of nitrogens with zero attached hydrogens (tertiary/aromatic N) is 1. The van der Waals surface area contributed by atoms with Gasteiger partial charge < -0.3 is 10.2 Å². The van der Waals surface area contributed by atoms with Gasteiger partial charge in [0.2, 0.25) is 5.91 Å². The summed E-state index contributed by atoms with van der Waals surface area (Å²) >= 11 is 0. The summed E-state index contributed by atoms with van der Waals surface area (Å²) in [6.07, 6.45) is 1.52. The molecule has 118 valence electrons. The lowest BCUT2D eigenvalue weighted by Crippen LogP contribution is -2.23. The first-order valence-electron chi connectivity index (χ1n) is 7.83. The summed E-state index contributed by atoms with van der Waals surface area (Å²) in [6.45, 7) is 4.73. The molecule has 0 bridgehead atoms. The lowest BCUT2D eigenvalue weighted by atomic mass is 10.1. The molecule has 4 nitrogen and oxygen atoms in total. The molecular weight excluding hydrogens is 288 g/mol. The highest BCUT2D eigenvalue weighted by Crippen LogP contribution is 2.23. The second-order valence-corrected chi connectivity index (χ2v) is 6.03. The monoisotopic (exact) mass is 308 g/mol. The van der Waals surface area contributed by atoms with E-state index in [4.69, 9.17) is 0 Å². The van der Waals surface area contributed by atoms with Crippen LogP contribution < -0.4 is 10.2 Å². The second kappa shape index (κ2) is 6.24. The molecule has 1 fully saturated rings. The van der Waals surface area contributed by atoms with Crippen LogP contribution in [0.25, 0.3) is 0 Å². The molecule has 3 rings (SSSR count). The number of benzene rings is 2. The van der Waals surface area contributed by atoms with E-state index in [1.165, 1.54) is 0 Å². The molecule has 0 radical (unpaired) electrons. The van der Waals surface area contributed by atoms with Gasteiger partial charge in [-0.2, -0.15) is 0 Å². The van der Waals surface area contributed by atoms with Crippen molar-refractivity contribution < 1.29 is 9.59 Å². The SMILES string of the molecule is Cc1cc(C)cc(C(=O)Nc2ccc(N3CCCC3=O)cc2)c1. The number of carbonyl (C=O) groups excluding carboxylic acids is 2. The molecule has 1 saturated heterocycles. The van der Waals surface area contributed by atoms with Crippen molar-refractivity contribution in [3.8, 4) is 0 Å². The van der Waals surface area contributed by atoms with Crippen LogP contribution in [0, 0.1) is 13.8 Å². The normalized spacial score (nSPS) is 14.2. The molecule has 1 aliphatic rings. The first-order chi connectivity index (χ1) is 11.0. The van der Waals surface area contributed by atoms with Gasteiger partial charge in [0, 0.05) is 29.9 Å². The van der Waals surface area contributed by atoms with Gasteiger partial charge in [-0.25, -0.2) is 0 Å². The van der Waals surface area contributed by atoms with Crippen LogP contribution >= 0.6 is 0 Å². The fourth-order valence-corrected chi connectivity index (χ4v) is 2.95. The first-order valence-corrected chi connectivity index (χ1v) is 7.83. The number of hydrogen-bond acceptors (Lipinski definition) is 2. The molecule has 1 aliphatic heterocycles. The van der Waals surface area contributed by atoms with Crippen LogP contribution in [-0.4, -0.2) is 18.4 Å². The second-order valence-electron chi connectivity index (χ2n) is 6.03. The predicted octanol–water partition coefficient (Wildman–Crippen LogP) is 3.68. The lowest BCUT2D eigenvalue weighted by molar-refractivity contribution is -0.117. The summed E-state index contributed by atoms with van der Waals surface area (Å²) in [5.41, 5.74) is 4.40. The van der Waals surface area contributed by atoms with E-state index in [0.717, 1.165) is 35.5 Å². The molecule has 0 aromatic heterocycles. The van der Waals surface area contributed by atoms with Crippen molar-refractivity contribution in [3.63, 3.8) is 0 Å². The standard InChI is InChI=1S/C19H20N2O2/c1-13-10-14(2)12-15(11-13)19(23)20-16-5-7-17(8-6-16)21-9-3-4-18(21)22/h5-8,10-12H,3-4,9H2,1-2H3,(H,20,23). The van der Waals surface area contributed by atoms with Gasteiger partial charge in [0.25, 0.3) is 5.91 Å². The Morgan fingerprint density at radius 1 is 1.04 bits per heavy atom. The van der Waals surface area contributed by atoms with E-state index in [9.17, 15) is 9.59 Å². The summed E-state index contributed by atoms with van der Waals surface area (Å²) < 4.78 is 0. The molecule has 0 saturated carbocycles. The highest BCUT2D eigenvalue weighted by molar-refractivity contribution is 6.04. The maximum absolute atomic E-state index is 12.3. The first kappa shape index (κ1) is 15.3. The Balaban J connectivity index is 1.72. The molecule has 23 heavy (non-hydrogen) atoms. The number of nitrogens with one attached hydrogen (secondary N) is 1. The lowest BCUT2D eigenvalue weighted by Gasteiger charge is -2.16. The number of amides is 2. The Morgan fingerprint density at radius 3 is 2.26 bits per heavy atom. The van der Waals surface area contributed by atoms with Crippen LogP contribution in [0.3, 0.4) is 0 Å². The summed E-state index contributed by atoms with van der Waals surface area (Å²) in [6, 6.07) is 13.2. The third-order valence-electron chi connectivity index (χ3n) is 3.99. The molecule has 2 amide bonds. The van der Waals surface area contributed by atoms with Crippen LogP contribution in [0.15, 0.2) is 42.5 Å². The Hall–Kier alpha value is -2.62. The van der Waals surface area contributed by atoms with E-state index in [2.05, 4.69) is 5.32 Å². The van der Waals surface area contributed by atoms with Crippen LogP contribution in [0.1, 0.15) is 34.3 Å². The molecule has 2 aromatic rings. The quantitative estimate of drug-likeness (QED) is 0.940. The smallest absolute Gasteiger partial charge is 0.255 e. The summed E-state index contributed by atoms with van der Waals surface area (Å²) in [4.78, 5) is 25.9. The van der Waals surface area contributed by atoms with E-state index in [-0.39, 0.29) is 11.8 Å².